The molecule has 0 aromatic carbocycles. The van der Waals surface area contributed by atoms with E-state index in [-0.39, 0.29) is 5.41 Å². The number of allylic oxidation sites excluding steroid dienone is 3. The Balaban J connectivity index is -0.000000234. The van der Waals surface area contributed by atoms with Crippen molar-refractivity contribution in [2.45, 2.75) is 48.0 Å². The quantitative estimate of drug-likeness (QED) is 0.645. The van der Waals surface area contributed by atoms with E-state index in [2.05, 4.69) is 19.7 Å². The lowest BCUT2D eigenvalue weighted by molar-refractivity contribution is 0.522. The molecule has 0 aliphatic heterocycles. The molecule has 0 heterocycles. The van der Waals surface area contributed by atoms with E-state index in [1.165, 1.54) is 0 Å². The molecule has 0 saturated heterocycles. The minimum absolute atomic E-state index is 0.0469. The van der Waals surface area contributed by atoms with Crippen LogP contribution < -0.4 is 0 Å². The van der Waals surface area contributed by atoms with Gasteiger partial charge in [0, 0.05) is 16.7 Å². The topological polar surface area (TPSA) is 71.4 Å². The SMILES string of the molecule is C=C(C#N)C(C)(C)C.C=C(C#N)C(C)C.C=C(C#N)CC. The second-order valence-corrected chi connectivity index (χ2v) is 5.70. The number of hydrogen-bond donors (Lipinski definition) is 0. The molecule has 0 aromatic rings. The van der Waals surface area contributed by atoms with Crippen molar-refractivity contribution >= 4 is 0 Å². The van der Waals surface area contributed by atoms with Crippen molar-refractivity contribution in [1.82, 2.24) is 0 Å². The van der Waals surface area contributed by atoms with E-state index < -0.39 is 0 Å². The smallest absolute Gasteiger partial charge is 0.0946 e. The standard InChI is InChI=1S/C7H11N.C6H9N.C5H7N/c1-6(5-8)7(2,3)4;1-5(2)6(3)4-7;1-3-5(2)4-6/h1H2,2-4H3;5H,3H2,1-2H3;2-3H2,1H3. The molecule has 0 aliphatic carbocycles. The second kappa shape index (κ2) is 12.7. The van der Waals surface area contributed by atoms with Gasteiger partial charge in [0.2, 0.25) is 0 Å². The van der Waals surface area contributed by atoms with Gasteiger partial charge in [-0.2, -0.15) is 15.8 Å². The van der Waals surface area contributed by atoms with Gasteiger partial charge < -0.3 is 0 Å². The third kappa shape index (κ3) is 17.7. The van der Waals surface area contributed by atoms with Crippen LogP contribution in [0.3, 0.4) is 0 Å². The zero-order valence-corrected chi connectivity index (χ0v) is 14.2. The molecule has 3 nitrogen and oxygen atoms in total. The van der Waals surface area contributed by atoms with Crippen LogP contribution in [0.15, 0.2) is 36.5 Å². The Hall–Kier alpha value is -2.31. The van der Waals surface area contributed by atoms with Crippen molar-refractivity contribution in [2.75, 3.05) is 0 Å². The summed E-state index contributed by atoms with van der Waals surface area (Å²) in [5.41, 5.74) is 1.89. The Kier molecular flexibility index (Phi) is 14.4. The van der Waals surface area contributed by atoms with Gasteiger partial charge in [-0.3, -0.25) is 0 Å². The van der Waals surface area contributed by atoms with Crippen LogP contribution in [0.25, 0.3) is 0 Å². The van der Waals surface area contributed by atoms with E-state index >= 15 is 0 Å². The molecular weight excluding hydrogens is 258 g/mol. The Bertz CT molecular complexity index is 469. The monoisotopic (exact) mass is 285 g/mol. The third-order valence-corrected chi connectivity index (χ3v) is 2.47. The van der Waals surface area contributed by atoms with Gasteiger partial charge in [0.25, 0.3) is 0 Å². The van der Waals surface area contributed by atoms with Crippen LogP contribution in [0.4, 0.5) is 0 Å². The van der Waals surface area contributed by atoms with E-state index in [1.54, 1.807) is 0 Å². The Morgan fingerprint density at radius 1 is 0.952 bits per heavy atom. The lowest BCUT2D eigenvalue weighted by Crippen LogP contribution is -2.05. The summed E-state index contributed by atoms with van der Waals surface area (Å²) in [4.78, 5) is 0. The molecule has 0 unspecified atom stereocenters. The van der Waals surface area contributed by atoms with E-state index in [4.69, 9.17) is 15.8 Å². The summed E-state index contributed by atoms with van der Waals surface area (Å²) >= 11 is 0. The van der Waals surface area contributed by atoms with Crippen LogP contribution in [-0.4, -0.2) is 0 Å². The first-order valence-corrected chi connectivity index (χ1v) is 6.74. The summed E-state index contributed by atoms with van der Waals surface area (Å²) < 4.78 is 0. The first-order valence-electron chi connectivity index (χ1n) is 6.74. The van der Waals surface area contributed by atoms with Gasteiger partial charge in [-0.1, -0.05) is 61.3 Å². The lowest BCUT2D eigenvalue weighted by Gasteiger charge is -2.14. The Morgan fingerprint density at radius 2 is 1.38 bits per heavy atom. The molecule has 0 fully saturated rings. The summed E-state index contributed by atoms with van der Waals surface area (Å²) in [6, 6.07) is 5.90. The van der Waals surface area contributed by atoms with E-state index in [0.717, 1.165) is 6.42 Å². The fourth-order valence-electron chi connectivity index (χ4n) is 0.376. The van der Waals surface area contributed by atoms with Crippen LogP contribution in [0.2, 0.25) is 0 Å². The van der Waals surface area contributed by atoms with Gasteiger partial charge in [0.05, 0.1) is 18.2 Å². The number of nitriles is 3. The molecular formula is C18H27N3. The summed E-state index contributed by atoms with van der Waals surface area (Å²) in [5.74, 6) is 0.310. The zero-order chi connectivity index (χ0) is 17.6. The van der Waals surface area contributed by atoms with Gasteiger partial charge in [-0.25, -0.2) is 0 Å². The fourth-order valence-corrected chi connectivity index (χ4v) is 0.376. The van der Waals surface area contributed by atoms with Crippen LogP contribution in [-0.2, 0) is 0 Å². The molecule has 114 valence electrons. The average molecular weight is 285 g/mol. The number of nitrogens with zero attached hydrogens (tertiary/aromatic N) is 3. The Labute approximate surface area is 130 Å². The van der Waals surface area contributed by atoms with Gasteiger partial charge in [0.1, 0.15) is 0 Å². The van der Waals surface area contributed by atoms with Crippen molar-refractivity contribution < 1.29 is 0 Å². The van der Waals surface area contributed by atoms with E-state index in [1.807, 2.05) is 59.8 Å². The van der Waals surface area contributed by atoms with Crippen LogP contribution in [0.5, 0.6) is 0 Å². The predicted octanol–water partition coefficient (Wildman–Crippen LogP) is 5.31. The molecule has 0 N–H and O–H groups in total. The highest BCUT2D eigenvalue weighted by atomic mass is 14.3. The van der Waals surface area contributed by atoms with Crippen molar-refractivity contribution in [3.05, 3.63) is 36.5 Å². The Morgan fingerprint density at radius 3 is 1.38 bits per heavy atom. The number of hydrogen-bond acceptors (Lipinski definition) is 3. The second-order valence-electron chi connectivity index (χ2n) is 5.70. The van der Waals surface area contributed by atoms with Crippen molar-refractivity contribution in [1.29, 1.82) is 15.8 Å². The molecule has 0 bridgehead atoms. The summed E-state index contributed by atoms with van der Waals surface area (Å²) in [6.07, 6.45) is 0.774. The molecule has 0 amide bonds. The highest BCUT2D eigenvalue weighted by Gasteiger charge is 2.13. The molecule has 0 saturated carbocycles. The predicted molar refractivity (Wildman–Crippen MR) is 88.8 cm³/mol. The maximum absolute atomic E-state index is 8.32. The van der Waals surface area contributed by atoms with E-state index in [0.29, 0.717) is 22.6 Å². The van der Waals surface area contributed by atoms with Crippen LogP contribution >= 0.6 is 0 Å². The fraction of sp³-hybridized carbons (Fsp3) is 0.500. The average Bonchev–Trinajstić information content (AvgIpc) is 2.44. The summed E-state index contributed by atoms with van der Waals surface area (Å²) in [6.45, 7) is 22.2. The number of rotatable bonds is 2. The van der Waals surface area contributed by atoms with Gasteiger partial charge in [0.15, 0.2) is 0 Å². The lowest BCUT2D eigenvalue weighted by atomic mass is 9.89. The minimum atomic E-state index is -0.0469. The summed E-state index contributed by atoms with van der Waals surface area (Å²) in [5, 5.41) is 24.5. The third-order valence-electron chi connectivity index (χ3n) is 2.47. The van der Waals surface area contributed by atoms with Crippen molar-refractivity contribution in [3.63, 3.8) is 0 Å². The van der Waals surface area contributed by atoms with Crippen LogP contribution in [0.1, 0.15) is 48.0 Å². The van der Waals surface area contributed by atoms with E-state index in [9.17, 15) is 0 Å². The molecule has 0 radical (unpaired) electrons. The maximum Gasteiger partial charge on any atom is 0.0946 e. The molecule has 0 aromatic heterocycles. The van der Waals surface area contributed by atoms with Gasteiger partial charge in [-0.05, 0) is 17.8 Å². The first kappa shape index (κ1) is 23.8. The van der Waals surface area contributed by atoms with Gasteiger partial charge in [-0.15, -0.1) is 0 Å². The maximum atomic E-state index is 8.32. The molecule has 0 aliphatic rings. The highest BCUT2D eigenvalue weighted by Crippen LogP contribution is 2.21. The first-order chi connectivity index (χ1) is 9.47. The van der Waals surface area contributed by atoms with Gasteiger partial charge >= 0.3 is 0 Å². The van der Waals surface area contributed by atoms with Crippen molar-refractivity contribution in [2.24, 2.45) is 11.3 Å². The van der Waals surface area contributed by atoms with Crippen molar-refractivity contribution in [3.8, 4) is 18.2 Å². The van der Waals surface area contributed by atoms with Crippen LogP contribution in [0, 0.1) is 45.3 Å². The minimum Gasteiger partial charge on any atom is -0.193 e. The normalized spacial score (nSPS) is 8.57. The molecule has 21 heavy (non-hydrogen) atoms. The highest BCUT2D eigenvalue weighted by molar-refractivity contribution is 5.22. The zero-order valence-electron chi connectivity index (χ0n) is 14.2. The molecule has 3 heteroatoms. The summed E-state index contributed by atoms with van der Waals surface area (Å²) in [7, 11) is 0. The molecule has 0 atom stereocenters. The molecule has 0 spiro atoms. The largest absolute Gasteiger partial charge is 0.193 e. The molecule has 0 rings (SSSR count).